The van der Waals surface area contributed by atoms with Gasteiger partial charge in [-0.2, -0.15) is 5.10 Å². The van der Waals surface area contributed by atoms with E-state index in [1.165, 1.54) is 42.6 Å². The van der Waals surface area contributed by atoms with Crippen molar-refractivity contribution in [2.24, 2.45) is 7.05 Å². The molecule has 0 bridgehead atoms. The summed E-state index contributed by atoms with van der Waals surface area (Å²) in [5.74, 6) is 0. The van der Waals surface area contributed by atoms with Crippen LogP contribution in [0.15, 0.2) is 6.20 Å². The molecule has 1 unspecified atom stereocenters. The number of fused-ring (bicyclic) bond motifs is 1. The highest BCUT2D eigenvalue weighted by molar-refractivity contribution is 5.60. The zero-order valence-corrected chi connectivity index (χ0v) is 12.5. The highest BCUT2D eigenvalue weighted by Gasteiger charge is 2.23. The predicted molar refractivity (Wildman–Crippen MR) is 80.0 cm³/mol. The Morgan fingerprint density at radius 2 is 2.14 bits per heavy atom. The van der Waals surface area contributed by atoms with Gasteiger partial charge in [-0.3, -0.25) is 4.68 Å². The maximum Gasteiger partial charge on any atom is 0.131 e. The summed E-state index contributed by atoms with van der Waals surface area (Å²) in [4.78, 5) is 0. The molecule has 0 spiro atoms. The van der Waals surface area contributed by atoms with Gasteiger partial charge in [0.1, 0.15) is 5.69 Å². The summed E-state index contributed by atoms with van der Waals surface area (Å²) >= 11 is 0. The number of nitrogens with one attached hydrogen (secondary N) is 1. The molecule has 1 aliphatic heterocycles. The molecule has 21 heavy (non-hydrogen) atoms. The Balaban J connectivity index is 1.68. The molecule has 1 aliphatic carbocycles. The number of aryl methyl sites for hydroxylation is 2. The average molecular weight is 286 g/mol. The van der Waals surface area contributed by atoms with Gasteiger partial charge in [0.05, 0.1) is 23.6 Å². The molecular formula is C15H22N6. The SMILES string of the molecule is Cn1nc2c(c1-c1cn(C3CCCNC3)nn1)CCCC2. The van der Waals surface area contributed by atoms with E-state index in [9.17, 15) is 0 Å². The number of hydrogen-bond acceptors (Lipinski definition) is 4. The fourth-order valence-corrected chi connectivity index (χ4v) is 3.62. The lowest BCUT2D eigenvalue weighted by molar-refractivity contribution is 0.341. The summed E-state index contributed by atoms with van der Waals surface area (Å²) in [7, 11) is 2.02. The highest BCUT2D eigenvalue weighted by atomic mass is 15.4. The number of hydrogen-bond donors (Lipinski definition) is 1. The first kappa shape index (κ1) is 13.0. The molecule has 0 saturated carbocycles. The summed E-state index contributed by atoms with van der Waals surface area (Å²) in [6.45, 7) is 2.11. The topological polar surface area (TPSA) is 60.6 Å². The average Bonchev–Trinajstić information content (AvgIpc) is 3.11. The van der Waals surface area contributed by atoms with Crippen LogP contribution in [0.25, 0.3) is 11.4 Å². The summed E-state index contributed by atoms with van der Waals surface area (Å²) in [5, 5.41) is 16.9. The lowest BCUT2D eigenvalue weighted by atomic mass is 9.95. The minimum atomic E-state index is 0.434. The maximum absolute atomic E-state index is 4.68. The number of nitrogens with zero attached hydrogens (tertiary/aromatic N) is 5. The van der Waals surface area contributed by atoms with Gasteiger partial charge in [0, 0.05) is 19.2 Å². The molecule has 6 nitrogen and oxygen atoms in total. The van der Waals surface area contributed by atoms with Crippen molar-refractivity contribution >= 4 is 0 Å². The van der Waals surface area contributed by atoms with Crippen LogP contribution >= 0.6 is 0 Å². The Hall–Kier alpha value is -1.69. The monoisotopic (exact) mass is 286 g/mol. The first-order valence-corrected chi connectivity index (χ1v) is 8.00. The summed E-state index contributed by atoms with van der Waals surface area (Å²) in [5.41, 5.74) is 4.78. The molecule has 4 rings (SSSR count). The van der Waals surface area contributed by atoms with Gasteiger partial charge in [-0.05, 0) is 45.1 Å². The molecule has 1 atom stereocenters. The van der Waals surface area contributed by atoms with Crippen molar-refractivity contribution in [3.63, 3.8) is 0 Å². The summed E-state index contributed by atoms with van der Waals surface area (Å²) in [6.07, 6.45) is 9.22. The van der Waals surface area contributed by atoms with E-state index in [1.54, 1.807) is 0 Å². The van der Waals surface area contributed by atoms with E-state index in [0.29, 0.717) is 6.04 Å². The molecule has 2 aromatic heterocycles. The molecule has 2 aromatic rings. The third kappa shape index (κ3) is 2.27. The second kappa shape index (κ2) is 5.26. The minimum Gasteiger partial charge on any atom is -0.315 e. The zero-order chi connectivity index (χ0) is 14.2. The van der Waals surface area contributed by atoms with Gasteiger partial charge in [0.2, 0.25) is 0 Å². The standard InChI is InChI=1S/C15H22N6/c1-20-15(12-6-2-3-7-13(12)18-20)14-10-21(19-17-14)11-5-4-8-16-9-11/h10-11,16H,2-9H2,1H3. The smallest absolute Gasteiger partial charge is 0.131 e. The fraction of sp³-hybridized carbons (Fsp3) is 0.667. The second-order valence-corrected chi connectivity index (χ2v) is 6.19. The third-order valence-electron chi connectivity index (χ3n) is 4.72. The van der Waals surface area contributed by atoms with Gasteiger partial charge in [0.25, 0.3) is 0 Å². The van der Waals surface area contributed by atoms with E-state index in [-0.39, 0.29) is 0 Å². The Kier molecular flexibility index (Phi) is 3.25. The Bertz CT molecular complexity index is 635. The normalized spacial score (nSPS) is 22.2. The van der Waals surface area contributed by atoms with E-state index in [1.807, 2.05) is 16.4 Å². The largest absolute Gasteiger partial charge is 0.315 e. The lowest BCUT2D eigenvalue weighted by Crippen LogP contribution is -2.31. The van der Waals surface area contributed by atoms with Crippen LogP contribution in [0.4, 0.5) is 0 Å². The van der Waals surface area contributed by atoms with Crippen LogP contribution in [0.3, 0.4) is 0 Å². The zero-order valence-electron chi connectivity index (χ0n) is 12.5. The lowest BCUT2D eigenvalue weighted by Gasteiger charge is -2.22. The highest BCUT2D eigenvalue weighted by Crippen LogP contribution is 2.30. The number of rotatable bonds is 2. The van der Waals surface area contributed by atoms with E-state index in [0.717, 1.165) is 31.6 Å². The van der Waals surface area contributed by atoms with Gasteiger partial charge >= 0.3 is 0 Å². The third-order valence-corrected chi connectivity index (χ3v) is 4.72. The Labute approximate surface area is 124 Å². The molecule has 1 fully saturated rings. The summed E-state index contributed by atoms with van der Waals surface area (Å²) < 4.78 is 4.02. The molecule has 0 aromatic carbocycles. The van der Waals surface area contributed by atoms with Crippen molar-refractivity contribution in [2.75, 3.05) is 13.1 Å². The number of piperidine rings is 1. The van der Waals surface area contributed by atoms with Crippen molar-refractivity contribution < 1.29 is 0 Å². The first-order chi connectivity index (χ1) is 10.3. The van der Waals surface area contributed by atoms with Gasteiger partial charge in [-0.15, -0.1) is 5.10 Å². The molecule has 1 saturated heterocycles. The van der Waals surface area contributed by atoms with E-state index >= 15 is 0 Å². The van der Waals surface area contributed by atoms with Crippen LogP contribution in [0.2, 0.25) is 0 Å². The molecule has 3 heterocycles. The van der Waals surface area contributed by atoms with Crippen LogP contribution in [0, 0.1) is 0 Å². The van der Waals surface area contributed by atoms with Crippen molar-refractivity contribution in [1.82, 2.24) is 30.1 Å². The molecule has 112 valence electrons. The summed E-state index contributed by atoms with van der Waals surface area (Å²) in [6, 6.07) is 0.434. The van der Waals surface area contributed by atoms with Crippen molar-refractivity contribution in [3.05, 3.63) is 17.5 Å². The molecule has 1 N–H and O–H groups in total. The molecule has 0 amide bonds. The van der Waals surface area contributed by atoms with Crippen molar-refractivity contribution in [3.8, 4) is 11.4 Å². The van der Waals surface area contributed by atoms with Crippen molar-refractivity contribution in [2.45, 2.75) is 44.6 Å². The fourth-order valence-electron chi connectivity index (χ4n) is 3.62. The molecule has 2 aliphatic rings. The quantitative estimate of drug-likeness (QED) is 0.908. The first-order valence-electron chi connectivity index (χ1n) is 8.00. The van der Waals surface area contributed by atoms with Gasteiger partial charge < -0.3 is 5.32 Å². The van der Waals surface area contributed by atoms with Crippen LogP contribution in [-0.4, -0.2) is 37.9 Å². The van der Waals surface area contributed by atoms with E-state index < -0.39 is 0 Å². The molecular weight excluding hydrogens is 264 g/mol. The van der Waals surface area contributed by atoms with Gasteiger partial charge in [0.15, 0.2) is 0 Å². The Morgan fingerprint density at radius 1 is 1.24 bits per heavy atom. The Morgan fingerprint density at radius 3 is 3.00 bits per heavy atom. The van der Waals surface area contributed by atoms with Crippen LogP contribution < -0.4 is 5.32 Å². The van der Waals surface area contributed by atoms with Gasteiger partial charge in [-0.1, -0.05) is 5.21 Å². The van der Waals surface area contributed by atoms with E-state index in [2.05, 4.69) is 26.9 Å². The molecule has 0 radical (unpaired) electrons. The van der Waals surface area contributed by atoms with Crippen LogP contribution in [0.1, 0.15) is 43.0 Å². The van der Waals surface area contributed by atoms with Crippen LogP contribution in [0.5, 0.6) is 0 Å². The minimum absolute atomic E-state index is 0.434. The predicted octanol–water partition coefficient (Wildman–Crippen LogP) is 1.48. The van der Waals surface area contributed by atoms with E-state index in [4.69, 9.17) is 0 Å². The molecule has 6 heteroatoms. The van der Waals surface area contributed by atoms with Crippen molar-refractivity contribution in [1.29, 1.82) is 0 Å². The second-order valence-electron chi connectivity index (χ2n) is 6.19. The van der Waals surface area contributed by atoms with Crippen LogP contribution in [-0.2, 0) is 19.9 Å². The number of aromatic nitrogens is 5. The maximum atomic E-state index is 4.68. The van der Waals surface area contributed by atoms with Gasteiger partial charge in [-0.25, -0.2) is 4.68 Å².